The molecule has 2 unspecified atom stereocenters. The summed E-state index contributed by atoms with van der Waals surface area (Å²) in [7, 11) is -1.65. The molecule has 1 aromatic rings. The van der Waals surface area contributed by atoms with Crippen LogP contribution < -0.4 is 10.1 Å². The van der Waals surface area contributed by atoms with Gasteiger partial charge in [-0.25, -0.2) is 8.42 Å². The van der Waals surface area contributed by atoms with Gasteiger partial charge in [0.05, 0.1) is 22.9 Å². The molecule has 0 spiro atoms. The van der Waals surface area contributed by atoms with E-state index in [1.807, 2.05) is 6.92 Å². The molecule has 120 valence electrons. The van der Waals surface area contributed by atoms with Gasteiger partial charge in [0, 0.05) is 16.8 Å². The maximum absolute atomic E-state index is 12.0. The Labute approximate surface area is 140 Å². The highest BCUT2D eigenvalue weighted by Gasteiger charge is 2.30. The molecule has 4 nitrogen and oxygen atoms in total. The Morgan fingerprint density at radius 3 is 2.52 bits per heavy atom. The van der Waals surface area contributed by atoms with E-state index in [1.54, 1.807) is 26.2 Å². The smallest absolute Gasteiger partial charge is 0.151 e. The molecular weight excluding hydrogens is 378 g/mol. The summed E-state index contributed by atoms with van der Waals surface area (Å²) in [5, 5.41) is 3.22. The number of methoxy groups -OCH3 is 1. The van der Waals surface area contributed by atoms with E-state index in [2.05, 4.69) is 21.2 Å². The van der Waals surface area contributed by atoms with Crippen molar-refractivity contribution in [2.75, 3.05) is 19.9 Å². The fraction of sp³-hybridized carbons (Fsp3) is 0.571. The van der Waals surface area contributed by atoms with Crippen LogP contribution in [0.3, 0.4) is 0 Å². The maximum atomic E-state index is 12.0. The Morgan fingerprint density at radius 1 is 1.43 bits per heavy atom. The summed E-state index contributed by atoms with van der Waals surface area (Å²) in [4.78, 5) is 0. The van der Waals surface area contributed by atoms with Gasteiger partial charge < -0.3 is 10.1 Å². The summed E-state index contributed by atoms with van der Waals surface area (Å²) in [6.07, 6.45) is 2.14. The maximum Gasteiger partial charge on any atom is 0.151 e. The lowest BCUT2D eigenvalue weighted by atomic mass is 10.0. The second-order valence-electron chi connectivity index (χ2n) is 4.98. The Kier molecular flexibility index (Phi) is 6.97. The Bertz CT molecular complexity index is 592. The van der Waals surface area contributed by atoms with Gasteiger partial charge in [-0.2, -0.15) is 0 Å². The van der Waals surface area contributed by atoms with E-state index < -0.39 is 15.1 Å². The quantitative estimate of drug-likeness (QED) is 0.762. The summed E-state index contributed by atoms with van der Waals surface area (Å²) in [5.41, 5.74) is 0.739. The Morgan fingerprint density at radius 2 is 2.05 bits per heavy atom. The van der Waals surface area contributed by atoms with Crippen LogP contribution in [0.2, 0.25) is 5.02 Å². The van der Waals surface area contributed by atoms with Gasteiger partial charge in [-0.05, 0) is 48.0 Å². The fourth-order valence-corrected chi connectivity index (χ4v) is 3.84. The molecule has 1 rings (SSSR count). The molecule has 21 heavy (non-hydrogen) atoms. The number of benzene rings is 1. The van der Waals surface area contributed by atoms with Gasteiger partial charge in [-0.15, -0.1) is 0 Å². The van der Waals surface area contributed by atoms with Crippen molar-refractivity contribution in [3.05, 3.63) is 27.2 Å². The molecule has 0 aromatic heterocycles. The highest BCUT2D eigenvalue weighted by molar-refractivity contribution is 9.10. The summed E-state index contributed by atoms with van der Waals surface area (Å²) in [6.45, 7) is 4.43. The number of rotatable bonds is 7. The summed E-state index contributed by atoms with van der Waals surface area (Å²) in [6, 6.07) is 3.09. The van der Waals surface area contributed by atoms with Gasteiger partial charge in [0.2, 0.25) is 0 Å². The standard InChI is InChI=1S/C14H21BrClNO3S/c1-5-6-17-13(9(2)21(4,18)19)11-7-10(16)8-12(15)14(11)20-3/h7-9,13,17H,5-6H2,1-4H3. The predicted octanol–water partition coefficient (Wildman–Crippen LogP) is 3.58. The molecule has 0 aliphatic rings. The summed E-state index contributed by atoms with van der Waals surface area (Å²) < 4.78 is 30.0. The first kappa shape index (κ1) is 18.7. The van der Waals surface area contributed by atoms with E-state index >= 15 is 0 Å². The van der Waals surface area contributed by atoms with Crippen LogP contribution in [0, 0.1) is 0 Å². The van der Waals surface area contributed by atoms with E-state index in [0.717, 1.165) is 12.0 Å². The van der Waals surface area contributed by atoms with Gasteiger partial charge in [0.15, 0.2) is 9.84 Å². The number of ether oxygens (including phenoxy) is 1. The Balaban J connectivity index is 3.38. The van der Waals surface area contributed by atoms with Crippen LogP contribution in [-0.4, -0.2) is 33.6 Å². The number of sulfone groups is 1. The van der Waals surface area contributed by atoms with E-state index in [-0.39, 0.29) is 6.04 Å². The molecule has 0 fully saturated rings. The minimum absolute atomic E-state index is 0.384. The zero-order valence-corrected chi connectivity index (χ0v) is 15.8. The largest absolute Gasteiger partial charge is 0.495 e. The van der Waals surface area contributed by atoms with Crippen molar-refractivity contribution >= 4 is 37.4 Å². The van der Waals surface area contributed by atoms with E-state index in [9.17, 15) is 8.42 Å². The second-order valence-corrected chi connectivity index (χ2v) is 8.67. The van der Waals surface area contributed by atoms with Gasteiger partial charge in [-0.3, -0.25) is 0 Å². The molecule has 0 bridgehead atoms. The monoisotopic (exact) mass is 397 g/mol. The predicted molar refractivity (Wildman–Crippen MR) is 91.0 cm³/mol. The van der Waals surface area contributed by atoms with Crippen LogP contribution in [0.1, 0.15) is 31.9 Å². The molecule has 7 heteroatoms. The molecule has 0 amide bonds. The van der Waals surface area contributed by atoms with E-state index in [4.69, 9.17) is 16.3 Å². The van der Waals surface area contributed by atoms with Crippen molar-refractivity contribution < 1.29 is 13.2 Å². The van der Waals surface area contributed by atoms with Gasteiger partial charge >= 0.3 is 0 Å². The van der Waals surface area contributed by atoms with Crippen LogP contribution in [0.5, 0.6) is 5.75 Å². The van der Waals surface area contributed by atoms with Crippen molar-refractivity contribution in [2.45, 2.75) is 31.6 Å². The van der Waals surface area contributed by atoms with Crippen LogP contribution in [0.15, 0.2) is 16.6 Å². The van der Waals surface area contributed by atoms with E-state index in [0.29, 0.717) is 21.8 Å². The minimum atomic E-state index is -3.21. The zero-order chi connectivity index (χ0) is 16.2. The number of halogens is 2. The number of hydrogen-bond donors (Lipinski definition) is 1. The molecule has 0 heterocycles. The van der Waals surface area contributed by atoms with Crippen molar-refractivity contribution in [1.29, 1.82) is 0 Å². The molecule has 0 radical (unpaired) electrons. The van der Waals surface area contributed by atoms with Gasteiger partial charge in [0.25, 0.3) is 0 Å². The van der Waals surface area contributed by atoms with Crippen molar-refractivity contribution in [3.63, 3.8) is 0 Å². The molecule has 0 saturated carbocycles. The van der Waals surface area contributed by atoms with Crippen LogP contribution in [-0.2, 0) is 9.84 Å². The Hall–Kier alpha value is -0.300. The average Bonchev–Trinajstić information content (AvgIpc) is 2.37. The highest BCUT2D eigenvalue weighted by atomic mass is 79.9. The molecular formula is C14H21BrClNO3S. The third-order valence-corrected chi connectivity index (χ3v) is 5.77. The summed E-state index contributed by atoms with van der Waals surface area (Å²) in [5.74, 6) is 0.600. The molecule has 0 aliphatic carbocycles. The zero-order valence-electron chi connectivity index (χ0n) is 12.6. The average molecular weight is 399 g/mol. The first-order valence-corrected chi connectivity index (χ1v) is 9.80. The fourth-order valence-electron chi connectivity index (χ4n) is 2.10. The van der Waals surface area contributed by atoms with Gasteiger partial charge in [0.1, 0.15) is 5.75 Å². The van der Waals surface area contributed by atoms with Crippen molar-refractivity contribution in [1.82, 2.24) is 5.32 Å². The lowest BCUT2D eigenvalue weighted by Gasteiger charge is -2.26. The van der Waals surface area contributed by atoms with E-state index in [1.165, 1.54) is 6.26 Å². The van der Waals surface area contributed by atoms with Crippen molar-refractivity contribution in [2.24, 2.45) is 0 Å². The molecule has 2 atom stereocenters. The normalized spacial score (nSPS) is 14.8. The summed E-state index contributed by atoms with van der Waals surface area (Å²) >= 11 is 9.52. The van der Waals surface area contributed by atoms with Gasteiger partial charge in [-0.1, -0.05) is 18.5 Å². The SMILES string of the molecule is CCCNC(c1cc(Cl)cc(Br)c1OC)C(C)S(C)(=O)=O. The van der Waals surface area contributed by atoms with Crippen LogP contribution in [0.4, 0.5) is 0 Å². The topological polar surface area (TPSA) is 55.4 Å². The third-order valence-electron chi connectivity index (χ3n) is 3.34. The first-order valence-electron chi connectivity index (χ1n) is 6.67. The highest BCUT2D eigenvalue weighted by Crippen LogP contribution is 2.38. The minimum Gasteiger partial charge on any atom is -0.495 e. The second kappa shape index (κ2) is 7.81. The molecule has 1 N–H and O–H groups in total. The van der Waals surface area contributed by atoms with Crippen LogP contribution >= 0.6 is 27.5 Å². The lowest BCUT2D eigenvalue weighted by molar-refractivity contribution is 0.394. The first-order chi connectivity index (χ1) is 9.72. The number of hydrogen-bond acceptors (Lipinski definition) is 4. The number of nitrogens with one attached hydrogen (secondary N) is 1. The molecule has 1 aromatic carbocycles. The molecule has 0 aliphatic heterocycles. The van der Waals surface area contributed by atoms with Crippen molar-refractivity contribution in [3.8, 4) is 5.75 Å². The molecule has 0 saturated heterocycles. The van der Waals surface area contributed by atoms with Crippen LogP contribution in [0.25, 0.3) is 0 Å². The lowest BCUT2D eigenvalue weighted by Crippen LogP contribution is -2.35. The third kappa shape index (κ3) is 4.84.